The van der Waals surface area contributed by atoms with Crippen LogP contribution in [0.15, 0.2) is 0 Å². The van der Waals surface area contributed by atoms with Gasteiger partial charge < -0.3 is 16.0 Å². The van der Waals surface area contributed by atoms with Crippen molar-refractivity contribution < 1.29 is 4.79 Å². The number of nitrogens with zero attached hydrogens (tertiary/aromatic N) is 1. The lowest BCUT2D eigenvalue weighted by Crippen LogP contribution is -2.60. The average Bonchev–Trinajstić information content (AvgIpc) is 2.66. The van der Waals surface area contributed by atoms with Crippen LogP contribution < -0.4 is 11.1 Å². The van der Waals surface area contributed by atoms with E-state index in [-0.39, 0.29) is 5.91 Å². The van der Waals surface area contributed by atoms with Crippen molar-refractivity contribution in [3.05, 3.63) is 0 Å². The summed E-state index contributed by atoms with van der Waals surface area (Å²) in [4.78, 5) is 14.7. The molecule has 1 aliphatic heterocycles. The zero-order valence-electron chi connectivity index (χ0n) is 13.9. The van der Waals surface area contributed by atoms with E-state index < -0.39 is 5.54 Å². The van der Waals surface area contributed by atoms with Gasteiger partial charge in [0.1, 0.15) is 5.54 Å². The molecule has 2 rings (SSSR count). The number of hydrogen-bond acceptors (Lipinski definition) is 3. The molecule has 0 spiro atoms. The number of carbonyl (C=O) groups excluding carboxylic acids is 1. The SMILES string of the molecule is CC(C)NC1(C(N)=O)CCCC1CCN1CCCCCC1. The van der Waals surface area contributed by atoms with Crippen LogP contribution in [-0.2, 0) is 4.79 Å². The number of hydrogen-bond donors (Lipinski definition) is 2. The Morgan fingerprint density at radius 1 is 1.24 bits per heavy atom. The molecule has 2 aliphatic rings. The second kappa shape index (κ2) is 7.59. The maximum absolute atomic E-state index is 12.1. The third kappa shape index (κ3) is 4.19. The van der Waals surface area contributed by atoms with E-state index in [4.69, 9.17) is 5.73 Å². The maximum Gasteiger partial charge on any atom is 0.238 e. The molecule has 1 aliphatic carbocycles. The molecule has 0 radical (unpaired) electrons. The van der Waals surface area contributed by atoms with Gasteiger partial charge in [-0.2, -0.15) is 0 Å². The quantitative estimate of drug-likeness (QED) is 0.790. The highest BCUT2D eigenvalue weighted by Gasteiger charge is 2.47. The lowest BCUT2D eigenvalue weighted by molar-refractivity contribution is -0.126. The van der Waals surface area contributed by atoms with E-state index >= 15 is 0 Å². The van der Waals surface area contributed by atoms with Gasteiger partial charge in [-0.05, 0) is 71.5 Å². The van der Waals surface area contributed by atoms with Gasteiger partial charge in [0.05, 0.1) is 0 Å². The van der Waals surface area contributed by atoms with Gasteiger partial charge >= 0.3 is 0 Å². The molecule has 122 valence electrons. The largest absolute Gasteiger partial charge is 0.368 e. The molecular formula is C17H33N3O. The minimum absolute atomic E-state index is 0.144. The molecule has 0 aromatic heterocycles. The highest BCUT2D eigenvalue weighted by atomic mass is 16.1. The Hall–Kier alpha value is -0.610. The van der Waals surface area contributed by atoms with E-state index in [1.165, 1.54) is 38.8 Å². The number of primary amides is 1. The van der Waals surface area contributed by atoms with E-state index in [0.717, 1.165) is 32.2 Å². The number of amides is 1. The Morgan fingerprint density at radius 2 is 1.90 bits per heavy atom. The molecule has 1 heterocycles. The van der Waals surface area contributed by atoms with Crippen LogP contribution >= 0.6 is 0 Å². The fourth-order valence-electron chi connectivity index (χ4n) is 4.27. The normalized spacial score (nSPS) is 31.5. The van der Waals surface area contributed by atoms with Crippen LogP contribution in [0.2, 0.25) is 0 Å². The number of likely N-dealkylation sites (tertiary alicyclic amines) is 1. The van der Waals surface area contributed by atoms with E-state index in [1.807, 2.05) is 0 Å². The lowest BCUT2D eigenvalue weighted by Gasteiger charge is -2.36. The number of nitrogens with one attached hydrogen (secondary N) is 1. The van der Waals surface area contributed by atoms with Gasteiger partial charge in [-0.25, -0.2) is 0 Å². The third-order valence-corrected chi connectivity index (χ3v) is 5.30. The second-order valence-electron chi connectivity index (χ2n) is 7.27. The molecule has 2 fully saturated rings. The number of rotatable bonds is 6. The van der Waals surface area contributed by atoms with E-state index in [1.54, 1.807) is 0 Å². The zero-order chi connectivity index (χ0) is 15.3. The summed E-state index contributed by atoms with van der Waals surface area (Å²) in [5, 5.41) is 3.51. The summed E-state index contributed by atoms with van der Waals surface area (Å²) in [5.41, 5.74) is 5.33. The second-order valence-corrected chi connectivity index (χ2v) is 7.27. The van der Waals surface area contributed by atoms with Gasteiger partial charge in [0, 0.05) is 6.04 Å². The van der Waals surface area contributed by atoms with Crippen LogP contribution in [-0.4, -0.2) is 42.0 Å². The van der Waals surface area contributed by atoms with Crippen LogP contribution in [0, 0.1) is 5.92 Å². The zero-order valence-corrected chi connectivity index (χ0v) is 13.9. The van der Waals surface area contributed by atoms with Crippen molar-refractivity contribution >= 4 is 5.91 Å². The summed E-state index contributed by atoms with van der Waals surface area (Å²) in [6.45, 7) is 7.80. The standard InChI is InChI=1S/C17H33N3O/c1-14(2)19-17(16(18)21)10-7-8-15(17)9-13-20-11-5-3-4-6-12-20/h14-15,19H,3-13H2,1-2H3,(H2,18,21). The fraction of sp³-hybridized carbons (Fsp3) is 0.941. The van der Waals surface area contributed by atoms with E-state index in [9.17, 15) is 4.79 Å². The highest BCUT2D eigenvalue weighted by Crippen LogP contribution is 2.38. The monoisotopic (exact) mass is 295 g/mol. The number of nitrogens with two attached hydrogens (primary N) is 1. The average molecular weight is 295 g/mol. The predicted molar refractivity (Wildman–Crippen MR) is 87.1 cm³/mol. The van der Waals surface area contributed by atoms with Gasteiger partial charge in [0.25, 0.3) is 0 Å². The molecule has 1 saturated heterocycles. The first-order valence-electron chi connectivity index (χ1n) is 8.84. The lowest BCUT2D eigenvalue weighted by atomic mass is 9.83. The van der Waals surface area contributed by atoms with Gasteiger partial charge in [-0.1, -0.05) is 19.3 Å². The van der Waals surface area contributed by atoms with Crippen molar-refractivity contribution in [2.45, 2.75) is 76.8 Å². The maximum atomic E-state index is 12.1. The summed E-state index contributed by atoms with van der Waals surface area (Å²) < 4.78 is 0. The Morgan fingerprint density at radius 3 is 2.48 bits per heavy atom. The first kappa shape index (κ1) is 16.8. The summed E-state index contributed by atoms with van der Waals surface area (Å²) in [6, 6.07) is 0.302. The van der Waals surface area contributed by atoms with Gasteiger partial charge in [0.15, 0.2) is 0 Å². The Kier molecular flexibility index (Phi) is 6.06. The topological polar surface area (TPSA) is 58.4 Å². The predicted octanol–water partition coefficient (Wildman–Crippen LogP) is 2.27. The Bertz CT molecular complexity index is 337. The van der Waals surface area contributed by atoms with Gasteiger partial charge in [0.2, 0.25) is 5.91 Å². The van der Waals surface area contributed by atoms with E-state index in [0.29, 0.717) is 12.0 Å². The fourth-order valence-corrected chi connectivity index (χ4v) is 4.27. The van der Waals surface area contributed by atoms with Crippen LogP contribution in [0.1, 0.15) is 65.2 Å². The van der Waals surface area contributed by atoms with E-state index in [2.05, 4.69) is 24.1 Å². The summed E-state index contributed by atoms with van der Waals surface area (Å²) in [6.07, 6.45) is 9.67. The molecule has 4 nitrogen and oxygen atoms in total. The summed E-state index contributed by atoms with van der Waals surface area (Å²) >= 11 is 0. The van der Waals surface area contributed by atoms with Gasteiger partial charge in [-0.3, -0.25) is 4.79 Å². The molecule has 3 N–H and O–H groups in total. The first-order valence-corrected chi connectivity index (χ1v) is 8.84. The molecule has 1 amide bonds. The van der Waals surface area contributed by atoms with Crippen LogP contribution in [0.25, 0.3) is 0 Å². The van der Waals surface area contributed by atoms with Crippen LogP contribution in [0.4, 0.5) is 0 Å². The summed E-state index contributed by atoms with van der Waals surface area (Å²) in [7, 11) is 0. The van der Waals surface area contributed by atoms with Gasteiger partial charge in [-0.15, -0.1) is 0 Å². The molecule has 0 aromatic carbocycles. The first-order chi connectivity index (χ1) is 10.0. The number of carbonyl (C=O) groups is 1. The Balaban J connectivity index is 1.94. The smallest absolute Gasteiger partial charge is 0.238 e. The molecule has 1 saturated carbocycles. The summed E-state index contributed by atoms with van der Waals surface area (Å²) in [5.74, 6) is 0.259. The molecule has 2 atom stereocenters. The van der Waals surface area contributed by atoms with Crippen molar-refractivity contribution in [2.75, 3.05) is 19.6 Å². The molecular weight excluding hydrogens is 262 g/mol. The van der Waals surface area contributed by atoms with Crippen molar-refractivity contribution in [3.63, 3.8) is 0 Å². The molecule has 4 heteroatoms. The molecule has 21 heavy (non-hydrogen) atoms. The van der Waals surface area contributed by atoms with Crippen LogP contribution in [0.5, 0.6) is 0 Å². The Labute approximate surface area is 129 Å². The molecule has 2 unspecified atom stereocenters. The third-order valence-electron chi connectivity index (χ3n) is 5.30. The minimum Gasteiger partial charge on any atom is -0.368 e. The van der Waals surface area contributed by atoms with Crippen LogP contribution in [0.3, 0.4) is 0 Å². The molecule has 0 aromatic rings. The highest BCUT2D eigenvalue weighted by molar-refractivity contribution is 5.85. The molecule has 0 bridgehead atoms. The van der Waals surface area contributed by atoms with Crippen molar-refractivity contribution in [3.8, 4) is 0 Å². The van der Waals surface area contributed by atoms with Crippen molar-refractivity contribution in [2.24, 2.45) is 11.7 Å². The van der Waals surface area contributed by atoms with Crippen molar-refractivity contribution in [1.29, 1.82) is 0 Å². The minimum atomic E-state index is -0.458. The van der Waals surface area contributed by atoms with Crippen molar-refractivity contribution in [1.82, 2.24) is 10.2 Å².